The number of oxazole rings is 1. The van der Waals surface area contributed by atoms with E-state index >= 15 is 0 Å². The van der Waals surface area contributed by atoms with E-state index in [1.165, 1.54) is 18.2 Å². The number of methoxy groups -OCH3 is 1. The lowest BCUT2D eigenvalue weighted by Gasteiger charge is -2.12. The van der Waals surface area contributed by atoms with E-state index in [-0.39, 0.29) is 10.5 Å². The Balaban J connectivity index is 1.28. The van der Waals surface area contributed by atoms with Gasteiger partial charge < -0.3 is 19.8 Å². The molecule has 0 spiro atoms. The van der Waals surface area contributed by atoms with Crippen molar-refractivity contribution in [2.24, 2.45) is 0 Å². The number of hydrogen-bond acceptors (Lipinski definition) is 9. The smallest absolute Gasteiger partial charge is 0.417 e. The molecule has 0 aliphatic carbocycles. The van der Waals surface area contributed by atoms with Crippen molar-refractivity contribution < 1.29 is 17.6 Å². The maximum Gasteiger partial charge on any atom is 0.417 e. The van der Waals surface area contributed by atoms with Crippen molar-refractivity contribution in [3.05, 3.63) is 89.0 Å². The lowest BCUT2D eigenvalue weighted by Crippen LogP contribution is -2.12. The van der Waals surface area contributed by atoms with Gasteiger partial charge in [-0.2, -0.15) is 4.98 Å². The molecule has 0 atom stereocenters. The fourth-order valence-corrected chi connectivity index (χ4v) is 4.66. The molecule has 0 aliphatic heterocycles. The highest BCUT2D eigenvalue weighted by Gasteiger charge is 2.16. The zero-order valence-electron chi connectivity index (χ0n) is 19.8. The maximum atomic E-state index is 12.8. The van der Waals surface area contributed by atoms with Gasteiger partial charge in [-0.25, -0.2) is 18.2 Å². The molecule has 12 heteroatoms. The Morgan fingerprint density at radius 2 is 1.54 bits per heavy atom. The fraction of sp³-hybridized carbons (Fsp3) is 0.0800. The van der Waals surface area contributed by atoms with Gasteiger partial charge in [-0.05, 0) is 73.7 Å². The van der Waals surface area contributed by atoms with Crippen LogP contribution in [0, 0.1) is 6.92 Å². The molecular formula is C25H22N6O5S. The van der Waals surface area contributed by atoms with Crippen LogP contribution in [0.1, 0.15) is 5.69 Å². The van der Waals surface area contributed by atoms with E-state index < -0.39 is 15.8 Å². The van der Waals surface area contributed by atoms with Crippen molar-refractivity contribution in [3.63, 3.8) is 0 Å². The third kappa shape index (κ3) is 5.54. The molecule has 5 rings (SSSR count). The van der Waals surface area contributed by atoms with Crippen LogP contribution in [-0.4, -0.2) is 30.5 Å². The average Bonchev–Trinajstić information content (AvgIpc) is 3.24. The average molecular weight is 519 g/mol. The fourth-order valence-electron chi connectivity index (χ4n) is 3.57. The van der Waals surface area contributed by atoms with Gasteiger partial charge in [-0.15, -0.1) is 0 Å². The van der Waals surface area contributed by atoms with E-state index in [1.807, 2.05) is 37.3 Å². The molecule has 2 heterocycles. The second-order valence-corrected chi connectivity index (χ2v) is 9.73. The van der Waals surface area contributed by atoms with Crippen LogP contribution in [0.15, 0.2) is 86.9 Å². The molecule has 0 fully saturated rings. The highest BCUT2D eigenvalue weighted by atomic mass is 32.2. The number of nitrogens with one attached hydrogen (secondary N) is 4. The van der Waals surface area contributed by atoms with Crippen LogP contribution in [0.25, 0.3) is 11.1 Å². The molecule has 0 saturated carbocycles. The first kappa shape index (κ1) is 23.9. The first-order valence-corrected chi connectivity index (χ1v) is 12.6. The SMILES string of the molecule is COc1ccc(Nc2cc(C)nc(Nc3ccc(NS(=O)(=O)c4ccc5oc(=O)[nH]c5c4)cc3)n2)cc1. The number of aryl methyl sites for hydroxylation is 1. The highest BCUT2D eigenvalue weighted by molar-refractivity contribution is 7.92. The van der Waals surface area contributed by atoms with Crippen LogP contribution in [0.3, 0.4) is 0 Å². The number of anilines is 5. The summed E-state index contributed by atoms with van der Waals surface area (Å²) in [6.07, 6.45) is 0. The predicted molar refractivity (Wildman–Crippen MR) is 140 cm³/mol. The van der Waals surface area contributed by atoms with Crippen LogP contribution < -0.4 is 25.8 Å². The number of benzene rings is 3. The van der Waals surface area contributed by atoms with E-state index in [0.29, 0.717) is 28.7 Å². The van der Waals surface area contributed by atoms with Crippen LogP contribution in [0.4, 0.5) is 28.8 Å². The van der Waals surface area contributed by atoms with Crippen LogP contribution in [0.2, 0.25) is 0 Å². The molecule has 5 aromatic rings. The predicted octanol–water partition coefficient (Wildman–Crippen LogP) is 4.52. The molecule has 0 aliphatic rings. The van der Waals surface area contributed by atoms with Gasteiger partial charge in [0, 0.05) is 28.8 Å². The summed E-state index contributed by atoms with van der Waals surface area (Å²) in [5.41, 5.74) is 3.21. The molecule has 0 radical (unpaired) electrons. The minimum Gasteiger partial charge on any atom is -0.497 e. The van der Waals surface area contributed by atoms with Crippen molar-refractivity contribution in [3.8, 4) is 5.75 Å². The number of rotatable bonds is 8. The Bertz CT molecular complexity index is 1730. The van der Waals surface area contributed by atoms with Crippen molar-refractivity contribution in [1.29, 1.82) is 0 Å². The lowest BCUT2D eigenvalue weighted by molar-refractivity contribution is 0.415. The second kappa shape index (κ2) is 9.66. The second-order valence-electron chi connectivity index (χ2n) is 8.05. The number of nitrogens with zero attached hydrogens (tertiary/aromatic N) is 2. The summed E-state index contributed by atoms with van der Waals surface area (Å²) in [7, 11) is -2.28. The molecule has 2 aromatic heterocycles. The number of fused-ring (bicyclic) bond motifs is 1. The molecule has 0 amide bonds. The maximum absolute atomic E-state index is 12.8. The first-order valence-electron chi connectivity index (χ1n) is 11.1. The monoisotopic (exact) mass is 518 g/mol. The Labute approximate surface area is 211 Å². The number of aromatic amines is 1. The van der Waals surface area contributed by atoms with Crippen LogP contribution >= 0.6 is 0 Å². The molecule has 0 saturated heterocycles. The summed E-state index contributed by atoms with van der Waals surface area (Å²) in [5.74, 6) is 1.10. The van der Waals surface area contributed by atoms with Gasteiger partial charge in [-0.1, -0.05) is 0 Å². The Hall–Kier alpha value is -4.84. The zero-order valence-corrected chi connectivity index (χ0v) is 20.6. The van der Waals surface area contributed by atoms with Crippen LogP contribution in [0.5, 0.6) is 5.75 Å². The normalized spacial score (nSPS) is 11.3. The third-order valence-electron chi connectivity index (χ3n) is 5.31. The summed E-state index contributed by atoms with van der Waals surface area (Å²) in [6.45, 7) is 1.86. The largest absolute Gasteiger partial charge is 0.497 e. The summed E-state index contributed by atoms with van der Waals surface area (Å²) in [5, 5.41) is 6.37. The molecule has 0 unspecified atom stereocenters. The molecule has 37 heavy (non-hydrogen) atoms. The number of aromatic nitrogens is 3. The van der Waals surface area contributed by atoms with Gasteiger partial charge in [0.1, 0.15) is 11.6 Å². The van der Waals surface area contributed by atoms with E-state index in [9.17, 15) is 13.2 Å². The first-order chi connectivity index (χ1) is 17.8. The molecule has 0 bridgehead atoms. The van der Waals surface area contributed by atoms with Gasteiger partial charge in [0.05, 0.1) is 17.5 Å². The quantitative estimate of drug-likeness (QED) is 0.232. The number of sulfonamides is 1. The topological polar surface area (TPSA) is 151 Å². The Morgan fingerprint density at radius 1 is 0.865 bits per heavy atom. The van der Waals surface area contributed by atoms with E-state index in [2.05, 4.69) is 30.3 Å². The molecular weight excluding hydrogens is 496 g/mol. The standard InChI is InChI=1S/C25H22N6O5S/c1-15-13-23(27-16-7-9-19(35-2)10-8-16)30-24(26-15)28-17-3-5-18(6-4-17)31-37(33,34)20-11-12-22-21(14-20)29-25(32)36-22/h3-14,31H,1-2H3,(H,29,32)(H2,26,27,28,30). The van der Waals surface area contributed by atoms with Crippen molar-refractivity contribution in [2.75, 3.05) is 22.5 Å². The van der Waals surface area contributed by atoms with E-state index in [1.54, 1.807) is 31.4 Å². The third-order valence-corrected chi connectivity index (χ3v) is 6.69. The van der Waals surface area contributed by atoms with E-state index in [0.717, 1.165) is 17.1 Å². The van der Waals surface area contributed by atoms with Gasteiger partial charge in [0.25, 0.3) is 10.0 Å². The minimum atomic E-state index is -3.89. The molecule has 11 nitrogen and oxygen atoms in total. The minimum absolute atomic E-state index is 0.00991. The molecule has 188 valence electrons. The van der Waals surface area contributed by atoms with Crippen molar-refractivity contribution in [1.82, 2.24) is 15.0 Å². The summed E-state index contributed by atoms with van der Waals surface area (Å²) < 4.78 is 38.2. The molecule has 4 N–H and O–H groups in total. The van der Waals surface area contributed by atoms with Crippen molar-refractivity contribution >= 4 is 50.0 Å². The zero-order chi connectivity index (χ0) is 26.0. The Kier molecular flexibility index (Phi) is 6.24. The highest BCUT2D eigenvalue weighted by Crippen LogP contribution is 2.24. The van der Waals surface area contributed by atoms with Gasteiger partial charge in [-0.3, -0.25) is 9.71 Å². The number of ether oxygens (including phenoxy) is 1. The van der Waals surface area contributed by atoms with Crippen molar-refractivity contribution in [2.45, 2.75) is 11.8 Å². The number of hydrogen-bond donors (Lipinski definition) is 4. The van der Waals surface area contributed by atoms with Gasteiger partial charge in [0.15, 0.2) is 5.58 Å². The summed E-state index contributed by atoms with van der Waals surface area (Å²) >= 11 is 0. The van der Waals surface area contributed by atoms with Gasteiger partial charge >= 0.3 is 5.76 Å². The van der Waals surface area contributed by atoms with Gasteiger partial charge in [0.2, 0.25) is 5.95 Å². The summed E-state index contributed by atoms with van der Waals surface area (Å²) in [4.78, 5) is 22.7. The molecule has 3 aromatic carbocycles. The van der Waals surface area contributed by atoms with Crippen LogP contribution in [-0.2, 0) is 10.0 Å². The number of H-pyrrole nitrogens is 1. The van der Waals surface area contributed by atoms with E-state index in [4.69, 9.17) is 9.15 Å². The lowest BCUT2D eigenvalue weighted by atomic mass is 10.3. The summed E-state index contributed by atoms with van der Waals surface area (Å²) in [6, 6.07) is 20.1. The Morgan fingerprint density at radius 3 is 2.27 bits per heavy atom.